The molecule has 1 rings (SSSR count). The van der Waals surface area contributed by atoms with Crippen LogP contribution in [0.2, 0.25) is 0 Å². The van der Waals surface area contributed by atoms with E-state index in [0.717, 1.165) is 6.42 Å². The molecule has 3 nitrogen and oxygen atoms in total. The van der Waals surface area contributed by atoms with Crippen molar-refractivity contribution >= 4 is 11.6 Å². The number of aliphatic hydroxyl groups excluding tert-OH is 1. The van der Waals surface area contributed by atoms with Gasteiger partial charge in [-0.3, -0.25) is 9.59 Å². The van der Waals surface area contributed by atoms with Gasteiger partial charge >= 0.3 is 0 Å². The third-order valence-electron chi connectivity index (χ3n) is 2.32. The van der Waals surface area contributed by atoms with Crippen molar-refractivity contribution in [3.63, 3.8) is 0 Å². The standard InChI is InChI=1S/C12H14O2.C3H8O/c1-8(2)12(14)11-7-5-4-6-10(11)9(3)13;1-2-3-4/h4-8H,1-3H3;4H,2-3H2,1H3. The first-order valence-electron chi connectivity index (χ1n) is 6.20. The lowest BCUT2D eigenvalue weighted by atomic mass is 9.95. The Bertz CT molecular complexity index is 392. The largest absolute Gasteiger partial charge is 0.396 e. The lowest BCUT2D eigenvalue weighted by Crippen LogP contribution is -2.12. The van der Waals surface area contributed by atoms with Crippen LogP contribution in [0.4, 0.5) is 0 Å². The molecule has 0 heterocycles. The minimum absolute atomic E-state index is 0.0239. The molecule has 0 spiro atoms. The molecule has 0 aliphatic carbocycles. The Morgan fingerprint density at radius 1 is 1.17 bits per heavy atom. The Kier molecular flexibility index (Phi) is 7.88. The second-order valence-corrected chi connectivity index (χ2v) is 4.34. The molecule has 0 aromatic heterocycles. The zero-order chi connectivity index (χ0) is 14.1. The van der Waals surface area contributed by atoms with Crippen LogP contribution in [0.25, 0.3) is 0 Å². The van der Waals surface area contributed by atoms with Crippen LogP contribution in [0.3, 0.4) is 0 Å². The first kappa shape index (κ1) is 16.5. The van der Waals surface area contributed by atoms with Crippen LogP contribution in [0, 0.1) is 5.92 Å². The molecule has 0 unspecified atom stereocenters. The van der Waals surface area contributed by atoms with Crippen molar-refractivity contribution in [3.8, 4) is 0 Å². The molecular weight excluding hydrogens is 228 g/mol. The van der Waals surface area contributed by atoms with E-state index in [2.05, 4.69) is 0 Å². The van der Waals surface area contributed by atoms with Gasteiger partial charge in [-0.15, -0.1) is 0 Å². The Hall–Kier alpha value is -1.48. The summed E-state index contributed by atoms with van der Waals surface area (Å²) in [6.07, 6.45) is 0.875. The highest BCUT2D eigenvalue weighted by atomic mass is 16.2. The van der Waals surface area contributed by atoms with Gasteiger partial charge in [0.2, 0.25) is 0 Å². The second kappa shape index (κ2) is 8.59. The van der Waals surface area contributed by atoms with E-state index in [1.165, 1.54) is 6.92 Å². The Balaban J connectivity index is 0.000000631. The Morgan fingerprint density at radius 2 is 1.61 bits per heavy atom. The number of hydrogen-bond acceptors (Lipinski definition) is 3. The molecule has 0 atom stereocenters. The van der Waals surface area contributed by atoms with Gasteiger partial charge in [-0.05, 0) is 13.3 Å². The van der Waals surface area contributed by atoms with Crippen LogP contribution in [-0.4, -0.2) is 23.3 Å². The number of hydrogen-bond donors (Lipinski definition) is 1. The van der Waals surface area contributed by atoms with E-state index in [-0.39, 0.29) is 17.5 Å². The van der Waals surface area contributed by atoms with Gasteiger partial charge < -0.3 is 5.11 Å². The van der Waals surface area contributed by atoms with Crippen molar-refractivity contribution in [1.29, 1.82) is 0 Å². The number of ketones is 2. The van der Waals surface area contributed by atoms with Crippen LogP contribution in [0.5, 0.6) is 0 Å². The zero-order valence-electron chi connectivity index (χ0n) is 11.6. The molecule has 0 radical (unpaired) electrons. The highest BCUT2D eigenvalue weighted by Crippen LogP contribution is 2.14. The maximum Gasteiger partial charge on any atom is 0.166 e. The lowest BCUT2D eigenvalue weighted by molar-refractivity contribution is 0.0927. The van der Waals surface area contributed by atoms with Crippen molar-refractivity contribution in [2.75, 3.05) is 6.61 Å². The molecule has 1 aromatic carbocycles. The Morgan fingerprint density at radius 3 is 1.94 bits per heavy atom. The van der Waals surface area contributed by atoms with Gasteiger partial charge in [-0.1, -0.05) is 45.0 Å². The van der Waals surface area contributed by atoms with Crippen molar-refractivity contribution < 1.29 is 14.7 Å². The fourth-order valence-corrected chi connectivity index (χ4v) is 1.32. The molecule has 0 saturated carbocycles. The van der Waals surface area contributed by atoms with Gasteiger partial charge in [0.15, 0.2) is 11.6 Å². The quantitative estimate of drug-likeness (QED) is 0.835. The predicted octanol–water partition coefficient (Wildman–Crippen LogP) is 3.12. The molecule has 0 fully saturated rings. The van der Waals surface area contributed by atoms with E-state index >= 15 is 0 Å². The van der Waals surface area contributed by atoms with Gasteiger partial charge in [-0.25, -0.2) is 0 Å². The molecule has 0 amide bonds. The highest BCUT2D eigenvalue weighted by molar-refractivity contribution is 6.08. The van der Waals surface area contributed by atoms with Crippen LogP contribution < -0.4 is 0 Å². The monoisotopic (exact) mass is 250 g/mol. The van der Waals surface area contributed by atoms with Gasteiger partial charge in [0.25, 0.3) is 0 Å². The van der Waals surface area contributed by atoms with E-state index in [1.807, 2.05) is 20.8 Å². The summed E-state index contributed by atoms with van der Waals surface area (Å²) in [4.78, 5) is 23.0. The molecule has 1 aromatic rings. The van der Waals surface area contributed by atoms with Crippen LogP contribution in [0.1, 0.15) is 54.8 Å². The molecule has 0 aliphatic heterocycles. The number of aliphatic hydroxyl groups is 1. The van der Waals surface area contributed by atoms with Crippen LogP contribution >= 0.6 is 0 Å². The van der Waals surface area contributed by atoms with E-state index < -0.39 is 0 Å². The molecule has 100 valence electrons. The molecule has 18 heavy (non-hydrogen) atoms. The smallest absolute Gasteiger partial charge is 0.166 e. The summed E-state index contributed by atoms with van der Waals surface area (Å²) < 4.78 is 0. The molecule has 0 saturated heterocycles. The SMILES string of the molecule is CC(=O)c1ccccc1C(=O)C(C)C.CCCO. The number of benzene rings is 1. The second-order valence-electron chi connectivity index (χ2n) is 4.34. The molecule has 1 N–H and O–H groups in total. The number of carbonyl (C=O) groups excluding carboxylic acids is 2. The zero-order valence-corrected chi connectivity index (χ0v) is 11.6. The van der Waals surface area contributed by atoms with E-state index in [0.29, 0.717) is 17.7 Å². The summed E-state index contributed by atoms with van der Waals surface area (Å²) in [6.45, 7) is 7.39. The fraction of sp³-hybridized carbons (Fsp3) is 0.467. The summed E-state index contributed by atoms with van der Waals surface area (Å²) >= 11 is 0. The summed E-state index contributed by atoms with van der Waals surface area (Å²) in [6, 6.07) is 6.95. The predicted molar refractivity (Wildman–Crippen MR) is 73.0 cm³/mol. The van der Waals surface area contributed by atoms with Crippen molar-refractivity contribution in [3.05, 3.63) is 35.4 Å². The normalized spacial score (nSPS) is 9.67. The average Bonchev–Trinajstić information content (AvgIpc) is 2.38. The summed E-state index contributed by atoms with van der Waals surface area (Å²) in [5, 5.41) is 7.88. The van der Waals surface area contributed by atoms with Crippen molar-refractivity contribution in [2.24, 2.45) is 5.92 Å². The topological polar surface area (TPSA) is 54.4 Å². The van der Waals surface area contributed by atoms with Crippen molar-refractivity contribution in [2.45, 2.75) is 34.1 Å². The highest BCUT2D eigenvalue weighted by Gasteiger charge is 2.15. The number of carbonyl (C=O) groups is 2. The summed E-state index contributed by atoms with van der Waals surface area (Å²) in [7, 11) is 0. The lowest BCUT2D eigenvalue weighted by Gasteiger charge is -2.07. The number of rotatable bonds is 4. The van der Waals surface area contributed by atoms with Gasteiger partial charge in [0.05, 0.1) is 0 Å². The van der Waals surface area contributed by atoms with Crippen LogP contribution in [-0.2, 0) is 0 Å². The van der Waals surface area contributed by atoms with Crippen molar-refractivity contribution in [1.82, 2.24) is 0 Å². The molecule has 0 aliphatic rings. The maximum atomic E-state index is 11.7. The maximum absolute atomic E-state index is 11.7. The molecule has 0 bridgehead atoms. The van der Waals surface area contributed by atoms with E-state index in [9.17, 15) is 9.59 Å². The Labute approximate surface area is 109 Å². The van der Waals surface area contributed by atoms with Crippen LogP contribution in [0.15, 0.2) is 24.3 Å². The molecule has 3 heteroatoms. The average molecular weight is 250 g/mol. The minimum atomic E-state index is -0.0736. The minimum Gasteiger partial charge on any atom is -0.396 e. The third kappa shape index (κ3) is 5.23. The fourth-order valence-electron chi connectivity index (χ4n) is 1.32. The van der Waals surface area contributed by atoms with Gasteiger partial charge in [0, 0.05) is 23.7 Å². The first-order valence-corrected chi connectivity index (χ1v) is 6.20. The van der Waals surface area contributed by atoms with E-state index in [1.54, 1.807) is 24.3 Å². The van der Waals surface area contributed by atoms with Gasteiger partial charge in [0.1, 0.15) is 0 Å². The van der Waals surface area contributed by atoms with Gasteiger partial charge in [-0.2, -0.15) is 0 Å². The molecular formula is C15H22O3. The number of Topliss-reactive ketones (excluding diaryl/α,β-unsaturated/α-hetero) is 2. The third-order valence-corrected chi connectivity index (χ3v) is 2.32. The first-order chi connectivity index (χ1) is 8.45. The summed E-state index contributed by atoms with van der Waals surface area (Å²) in [5.41, 5.74) is 1.06. The van der Waals surface area contributed by atoms with E-state index in [4.69, 9.17) is 5.11 Å². The summed E-state index contributed by atoms with van der Waals surface area (Å²) in [5.74, 6) is -0.110.